The SMILES string of the molecule is COc1cc(C2C3=CCC4C(=O)N(c5ccc(C(C)=O)cc5)C(=O)C4C3CC3C(=O)N(Nc4ccc(F)cc4)C(=O)C32c2ccc(Cl)cc2)c(Br)c(Br)c1O. The number of phenolic OH excluding ortho intramolecular Hbond substituents is 1. The first-order chi connectivity index (χ1) is 26.3. The van der Waals surface area contributed by atoms with Crippen molar-refractivity contribution >= 4 is 84.2 Å². The van der Waals surface area contributed by atoms with Crippen molar-refractivity contribution in [3.8, 4) is 11.5 Å². The molecule has 1 saturated carbocycles. The molecule has 4 aromatic carbocycles. The number of nitrogens with zero attached hydrogens (tertiary/aromatic N) is 2. The number of fused-ring (bicyclic) bond motifs is 4. The number of carbonyl (C=O) groups excluding carboxylic acids is 5. The van der Waals surface area contributed by atoms with E-state index in [1.807, 2.05) is 6.08 Å². The Morgan fingerprint density at radius 2 is 1.60 bits per heavy atom. The van der Waals surface area contributed by atoms with E-state index in [2.05, 4.69) is 37.3 Å². The number of methoxy groups -OCH3 is 1. The molecule has 2 aliphatic carbocycles. The van der Waals surface area contributed by atoms with E-state index in [9.17, 15) is 28.7 Å². The van der Waals surface area contributed by atoms with Crippen LogP contribution in [0.5, 0.6) is 11.5 Å². The minimum atomic E-state index is -1.65. The van der Waals surface area contributed by atoms with Gasteiger partial charge in [-0.15, -0.1) is 0 Å². The summed E-state index contributed by atoms with van der Waals surface area (Å²) in [5.41, 5.74) is 3.96. The van der Waals surface area contributed by atoms with Gasteiger partial charge in [-0.1, -0.05) is 35.4 Å². The molecule has 0 bridgehead atoms. The first-order valence-electron chi connectivity index (χ1n) is 17.4. The molecule has 4 aromatic rings. The lowest BCUT2D eigenvalue weighted by atomic mass is 9.49. The van der Waals surface area contributed by atoms with Gasteiger partial charge in [0.15, 0.2) is 17.3 Å². The molecule has 0 radical (unpaired) electrons. The second-order valence-electron chi connectivity index (χ2n) is 14.1. The summed E-state index contributed by atoms with van der Waals surface area (Å²) in [5.74, 6) is -7.13. The fourth-order valence-corrected chi connectivity index (χ4v) is 10.2. The van der Waals surface area contributed by atoms with Crippen molar-refractivity contribution in [3.63, 3.8) is 0 Å². The molecular formula is C41H31Br2ClFN3O7. The minimum absolute atomic E-state index is 0.0302. The number of anilines is 2. The number of ether oxygens (including phenoxy) is 1. The van der Waals surface area contributed by atoms with Gasteiger partial charge in [0.1, 0.15) is 5.82 Å². The fourth-order valence-electron chi connectivity index (χ4n) is 9.08. The zero-order chi connectivity index (χ0) is 39.1. The largest absolute Gasteiger partial charge is 0.503 e. The Hall–Kier alpha value is -4.85. The predicted molar refractivity (Wildman–Crippen MR) is 208 cm³/mol. The first kappa shape index (κ1) is 37.1. The van der Waals surface area contributed by atoms with Crippen molar-refractivity contribution in [2.24, 2.45) is 23.7 Å². The number of allylic oxidation sites excluding steroid dienone is 2. The number of hydrazine groups is 1. The molecule has 4 amide bonds. The highest BCUT2D eigenvalue weighted by molar-refractivity contribution is 9.13. The number of rotatable bonds is 7. The highest BCUT2D eigenvalue weighted by atomic mass is 79.9. The van der Waals surface area contributed by atoms with E-state index in [0.29, 0.717) is 43.1 Å². The van der Waals surface area contributed by atoms with E-state index in [-0.39, 0.29) is 34.6 Å². The maximum absolute atomic E-state index is 15.4. The molecule has 2 saturated heterocycles. The maximum atomic E-state index is 15.4. The van der Waals surface area contributed by atoms with Crippen LogP contribution in [0.15, 0.2) is 99.5 Å². The predicted octanol–water partition coefficient (Wildman–Crippen LogP) is 8.11. The summed E-state index contributed by atoms with van der Waals surface area (Å²) in [7, 11) is 1.39. The highest BCUT2D eigenvalue weighted by Crippen LogP contribution is 2.65. The average Bonchev–Trinajstić information content (AvgIpc) is 3.56. The number of ketones is 1. The molecule has 6 atom stereocenters. The van der Waals surface area contributed by atoms with Crippen molar-refractivity contribution in [1.82, 2.24) is 5.01 Å². The molecule has 6 unspecified atom stereocenters. The fraction of sp³-hybridized carbons (Fsp3) is 0.244. The van der Waals surface area contributed by atoms with Gasteiger partial charge in [-0.05, 0) is 135 Å². The Morgan fingerprint density at radius 3 is 2.24 bits per heavy atom. The summed E-state index contributed by atoms with van der Waals surface area (Å²) in [6.45, 7) is 1.43. The van der Waals surface area contributed by atoms with Crippen LogP contribution in [0.25, 0.3) is 0 Å². The van der Waals surface area contributed by atoms with Gasteiger partial charge in [0, 0.05) is 21.0 Å². The molecule has 2 heterocycles. The van der Waals surface area contributed by atoms with Crippen LogP contribution in [-0.4, -0.2) is 46.6 Å². The molecule has 14 heteroatoms. The lowest BCUT2D eigenvalue weighted by Gasteiger charge is -2.51. The Labute approximate surface area is 336 Å². The van der Waals surface area contributed by atoms with Crippen LogP contribution in [0.4, 0.5) is 15.8 Å². The topological polar surface area (TPSA) is 133 Å². The molecular weight excluding hydrogens is 861 g/mol. The van der Waals surface area contributed by atoms with Gasteiger partial charge in [-0.3, -0.25) is 34.3 Å². The van der Waals surface area contributed by atoms with Gasteiger partial charge in [0.05, 0.1) is 46.1 Å². The second-order valence-corrected chi connectivity index (χ2v) is 16.2. The van der Waals surface area contributed by atoms with Gasteiger partial charge in [-0.2, -0.15) is 5.01 Å². The third-order valence-corrected chi connectivity index (χ3v) is 13.9. The van der Waals surface area contributed by atoms with Gasteiger partial charge in [0.25, 0.3) is 11.8 Å². The van der Waals surface area contributed by atoms with Crippen LogP contribution in [0, 0.1) is 29.5 Å². The molecule has 8 rings (SSSR count). The van der Waals surface area contributed by atoms with Crippen molar-refractivity contribution in [2.45, 2.75) is 31.1 Å². The van der Waals surface area contributed by atoms with Gasteiger partial charge < -0.3 is 9.84 Å². The number of aromatic hydroxyl groups is 1. The highest BCUT2D eigenvalue weighted by Gasteiger charge is 2.70. The normalized spacial score (nSPS) is 25.7. The molecule has 0 aromatic heterocycles. The van der Waals surface area contributed by atoms with Crippen molar-refractivity contribution in [2.75, 3.05) is 17.4 Å². The second kappa shape index (κ2) is 13.7. The zero-order valence-corrected chi connectivity index (χ0v) is 33.1. The molecule has 3 fully saturated rings. The van der Waals surface area contributed by atoms with Gasteiger partial charge >= 0.3 is 0 Å². The standard InChI is InChI=1S/C41H31Br2ClFN3O7/c1-19(49)20-3-13-25(14-4-20)47-37(51)27-16-15-26-28(32(27)39(47)53)17-30-38(52)48(46-24-11-9-23(45)10-12-24)40(54)41(30,21-5-7-22(44)8-6-21)33(26)29-18-31(55-2)36(50)35(43)34(29)42/h3-15,18,27-28,30,32-33,46,50H,16-17H2,1-2H3. The quantitative estimate of drug-likeness (QED) is 0.108. The van der Waals surface area contributed by atoms with E-state index in [1.165, 1.54) is 38.3 Å². The Kier molecular flexibility index (Phi) is 9.25. The maximum Gasteiger partial charge on any atom is 0.260 e. The number of hydrogen-bond acceptors (Lipinski definition) is 8. The Bertz CT molecular complexity index is 2360. The minimum Gasteiger partial charge on any atom is -0.503 e. The summed E-state index contributed by atoms with van der Waals surface area (Å²) in [5, 5.41) is 12.4. The molecule has 280 valence electrons. The van der Waals surface area contributed by atoms with E-state index < -0.39 is 64.5 Å². The lowest BCUT2D eigenvalue weighted by molar-refractivity contribution is -0.138. The lowest BCUT2D eigenvalue weighted by Crippen LogP contribution is -2.53. The third-order valence-electron chi connectivity index (χ3n) is 11.5. The Morgan fingerprint density at radius 1 is 0.927 bits per heavy atom. The van der Waals surface area contributed by atoms with Crippen LogP contribution in [0.3, 0.4) is 0 Å². The van der Waals surface area contributed by atoms with Crippen LogP contribution >= 0.6 is 43.5 Å². The molecule has 10 nitrogen and oxygen atoms in total. The summed E-state index contributed by atoms with van der Waals surface area (Å²) in [6, 6.07) is 19.8. The van der Waals surface area contributed by atoms with Gasteiger partial charge in [-0.25, -0.2) is 4.39 Å². The van der Waals surface area contributed by atoms with Crippen molar-refractivity contribution < 1.29 is 38.2 Å². The smallest absolute Gasteiger partial charge is 0.260 e. The van der Waals surface area contributed by atoms with Crippen LogP contribution in [-0.2, 0) is 24.6 Å². The monoisotopic (exact) mass is 889 g/mol. The number of carbonyl (C=O) groups is 5. The summed E-state index contributed by atoms with van der Waals surface area (Å²) in [6.07, 6.45) is 2.11. The number of amides is 4. The van der Waals surface area contributed by atoms with Crippen molar-refractivity contribution in [3.05, 3.63) is 127 Å². The third kappa shape index (κ3) is 5.56. The van der Waals surface area contributed by atoms with E-state index in [4.69, 9.17) is 16.3 Å². The molecule has 0 spiro atoms. The number of nitrogens with one attached hydrogen (secondary N) is 1. The molecule has 2 aliphatic heterocycles. The molecule has 2 N–H and O–H groups in total. The van der Waals surface area contributed by atoms with E-state index in [0.717, 1.165) is 9.91 Å². The van der Waals surface area contributed by atoms with Crippen LogP contribution < -0.4 is 15.1 Å². The van der Waals surface area contributed by atoms with Gasteiger partial charge in [0.2, 0.25) is 11.8 Å². The van der Waals surface area contributed by atoms with Crippen LogP contribution in [0.1, 0.15) is 47.2 Å². The first-order valence-corrected chi connectivity index (χ1v) is 19.4. The molecule has 4 aliphatic rings. The van der Waals surface area contributed by atoms with Crippen LogP contribution in [0.2, 0.25) is 5.02 Å². The average molecular weight is 892 g/mol. The number of benzene rings is 4. The number of phenols is 1. The zero-order valence-electron chi connectivity index (χ0n) is 29.2. The number of halogens is 4. The number of imide groups is 2. The summed E-state index contributed by atoms with van der Waals surface area (Å²) >= 11 is 13.5. The molecule has 55 heavy (non-hydrogen) atoms. The summed E-state index contributed by atoms with van der Waals surface area (Å²) < 4.78 is 20.2. The summed E-state index contributed by atoms with van der Waals surface area (Å²) in [4.78, 5) is 72.2. The van der Waals surface area contributed by atoms with E-state index >= 15 is 4.79 Å². The van der Waals surface area contributed by atoms with Crippen molar-refractivity contribution in [1.29, 1.82) is 0 Å². The number of hydrogen-bond donors (Lipinski definition) is 2. The van der Waals surface area contributed by atoms with E-state index in [1.54, 1.807) is 54.6 Å². The number of Topliss-reactive ketones (excluding diaryl/α,β-unsaturated/α-hetero) is 1. The Balaban J connectivity index is 1.34.